The highest BCUT2D eigenvalue weighted by Gasteiger charge is 2.31. The Morgan fingerprint density at radius 3 is 2.77 bits per heavy atom. The van der Waals surface area contributed by atoms with Crippen LogP contribution >= 0.6 is 0 Å². The summed E-state index contributed by atoms with van der Waals surface area (Å²) in [6.45, 7) is 9.84. The Balaban J connectivity index is 1.73. The van der Waals surface area contributed by atoms with Gasteiger partial charge in [0, 0.05) is 18.3 Å². The van der Waals surface area contributed by atoms with E-state index in [0.29, 0.717) is 12.0 Å². The maximum absolute atomic E-state index is 11.8. The van der Waals surface area contributed by atoms with Gasteiger partial charge in [0.2, 0.25) is 0 Å². The van der Waals surface area contributed by atoms with Crippen LogP contribution in [0.5, 0.6) is 5.75 Å². The number of likely N-dealkylation sites (N-methyl/N-ethyl adjacent to an activating group) is 1. The molecule has 1 heterocycles. The molecule has 4 heteroatoms. The molecule has 2 unspecified atom stereocenters. The number of benzene rings is 1. The second kappa shape index (κ2) is 10.4. The molecule has 0 amide bonds. The Bertz CT molecular complexity index is 573. The Morgan fingerprint density at radius 1 is 1.38 bits per heavy atom. The van der Waals surface area contributed by atoms with Gasteiger partial charge < -0.3 is 10.1 Å². The van der Waals surface area contributed by atoms with Crippen LogP contribution < -0.4 is 10.1 Å². The van der Waals surface area contributed by atoms with E-state index in [0.717, 1.165) is 56.7 Å². The summed E-state index contributed by atoms with van der Waals surface area (Å²) in [5.41, 5.74) is 0.990. The number of hydrogen-bond acceptors (Lipinski definition) is 4. The molecule has 0 aliphatic carbocycles. The minimum Gasteiger partial charge on any atom is -0.494 e. The van der Waals surface area contributed by atoms with Crippen molar-refractivity contribution in [3.8, 4) is 5.75 Å². The Kier molecular flexibility index (Phi) is 8.17. The first kappa shape index (κ1) is 20.5. The van der Waals surface area contributed by atoms with Crippen LogP contribution in [0.25, 0.3) is 0 Å². The maximum Gasteiger partial charge on any atom is 0.151 e. The predicted molar refractivity (Wildman–Crippen MR) is 107 cm³/mol. The van der Waals surface area contributed by atoms with E-state index < -0.39 is 0 Å². The molecular formula is C22H34N2O2. The van der Waals surface area contributed by atoms with Crippen molar-refractivity contribution in [1.82, 2.24) is 10.2 Å². The molecule has 0 bridgehead atoms. The van der Waals surface area contributed by atoms with Gasteiger partial charge in [-0.05, 0) is 57.7 Å². The van der Waals surface area contributed by atoms with Crippen molar-refractivity contribution in [2.75, 3.05) is 20.2 Å². The second-order valence-electron chi connectivity index (χ2n) is 7.48. The molecule has 26 heavy (non-hydrogen) atoms. The van der Waals surface area contributed by atoms with Crippen molar-refractivity contribution in [2.24, 2.45) is 5.92 Å². The molecular weight excluding hydrogens is 324 g/mol. The van der Waals surface area contributed by atoms with Gasteiger partial charge in [0.15, 0.2) is 5.78 Å². The zero-order chi connectivity index (χ0) is 18.9. The molecule has 1 aliphatic rings. The van der Waals surface area contributed by atoms with E-state index in [1.165, 1.54) is 0 Å². The Hall–Kier alpha value is -1.81. The minimum atomic E-state index is -0.0979. The fourth-order valence-corrected chi connectivity index (χ4v) is 3.79. The third kappa shape index (κ3) is 6.17. The number of rotatable bonds is 11. The van der Waals surface area contributed by atoms with Crippen LogP contribution in [-0.2, 0) is 4.79 Å². The van der Waals surface area contributed by atoms with E-state index >= 15 is 0 Å². The number of likely N-dealkylation sites (tertiary alicyclic amines) is 1. The van der Waals surface area contributed by atoms with Gasteiger partial charge in [-0.15, -0.1) is 0 Å². The first-order valence-electron chi connectivity index (χ1n) is 9.85. The number of carbonyl (C=O) groups is 1. The molecule has 0 radical (unpaired) electrons. The number of nitrogens with one attached hydrogen (secondary N) is 1. The molecule has 2 rings (SSSR count). The van der Waals surface area contributed by atoms with Crippen LogP contribution in [0.2, 0.25) is 0 Å². The standard InChI is InChI=1S/C22H34N2O2/c1-5-10-21(18(3)25)23-17(2)22-15-19(16-24(22)4)11-9-14-26-20-12-7-6-8-13-20/h6-8,12-13,19,21-23H,2,5,9-11,14-16H2,1,3-4H3/t19-,21?,22?/m1/s1. The third-order valence-corrected chi connectivity index (χ3v) is 5.23. The lowest BCUT2D eigenvalue weighted by Crippen LogP contribution is -2.40. The molecule has 0 spiro atoms. The number of Topliss-reactive ketones (excluding diaryl/α,β-unsaturated/α-hetero) is 1. The number of para-hydroxylation sites is 1. The molecule has 4 nitrogen and oxygen atoms in total. The fourth-order valence-electron chi connectivity index (χ4n) is 3.79. The van der Waals surface area contributed by atoms with Crippen molar-refractivity contribution < 1.29 is 9.53 Å². The number of nitrogens with zero attached hydrogens (tertiary/aromatic N) is 1. The normalized spacial score (nSPS) is 21.3. The average molecular weight is 359 g/mol. The number of ether oxygens (including phenoxy) is 1. The van der Waals surface area contributed by atoms with Gasteiger partial charge in [-0.1, -0.05) is 38.1 Å². The van der Waals surface area contributed by atoms with Crippen LogP contribution in [0.15, 0.2) is 42.6 Å². The molecule has 144 valence electrons. The van der Waals surface area contributed by atoms with Crippen LogP contribution in [0.4, 0.5) is 0 Å². The summed E-state index contributed by atoms with van der Waals surface area (Å²) in [5.74, 6) is 1.80. The van der Waals surface area contributed by atoms with Crippen LogP contribution in [0.3, 0.4) is 0 Å². The van der Waals surface area contributed by atoms with Gasteiger partial charge in [-0.2, -0.15) is 0 Å². The summed E-state index contributed by atoms with van der Waals surface area (Å²) >= 11 is 0. The summed E-state index contributed by atoms with van der Waals surface area (Å²) in [6, 6.07) is 10.2. The highest BCUT2D eigenvalue weighted by atomic mass is 16.5. The molecule has 1 aromatic rings. The molecule has 1 fully saturated rings. The summed E-state index contributed by atoms with van der Waals surface area (Å²) in [6.07, 6.45) is 5.18. The average Bonchev–Trinajstić information content (AvgIpc) is 3.00. The van der Waals surface area contributed by atoms with E-state index in [4.69, 9.17) is 4.74 Å². The van der Waals surface area contributed by atoms with Gasteiger partial charge in [-0.3, -0.25) is 9.69 Å². The van der Waals surface area contributed by atoms with Gasteiger partial charge >= 0.3 is 0 Å². The summed E-state index contributed by atoms with van der Waals surface area (Å²) < 4.78 is 5.79. The van der Waals surface area contributed by atoms with E-state index in [1.54, 1.807) is 6.92 Å². The lowest BCUT2D eigenvalue weighted by molar-refractivity contribution is -0.119. The quantitative estimate of drug-likeness (QED) is 0.607. The first-order valence-corrected chi connectivity index (χ1v) is 9.85. The summed E-state index contributed by atoms with van der Waals surface area (Å²) in [7, 11) is 2.15. The molecule has 1 aromatic carbocycles. The van der Waals surface area contributed by atoms with Crippen molar-refractivity contribution in [2.45, 2.75) is 58.0 Å². The molecule has 0 saturated carbocycles. The van der Waals surface area contributed by atoms with Crippen molar-refractivity contribution in [3.63, 3.8) is 0 Å². The summed E-state index contributed by atoms with van der Waals surface area (Å²) in [5, 5.41) is 3.39. The van der Waals surface area contributed by atoms with Crippen molar-refractivity contribution in [3.05, 3.63) is 42.6 Å². The van der Waals surface area contributed by atoms with E-state index in [2.05, 4.69) is 30.8 Å². The Morgan fingerprint density at radius 2 is 2.12 bits per heavy atom. The second-order valence-corrected chi connectivity index (χ2v) is 7.48. The third-order valence-electron chi connectivity index (χ3n) is 5.23. The smallest absolute Gasteiger partial charge is 0.151 e. The Labute approximate surface area is 158 Å². The molecule has 1 saturated heterocycles. The zero-order valence-corrected chi connectivity index (χ0v) is 16.5. The van der Waals surface area contributed by atoms with Gasteiger partial charge in [0.1, 0.15) is 5.75 Å². The minimum absolute atomic E-state index is 0.0979. The van der Waals surface area contributed by atoms with Gasteiger partial charge in [-0.25, -0.2) is 0 Å². The number of carbonyl (C=O) groups excluding carboxylic acids is 1. The van der Waals surface area contributed by atoms with Crippen LogP contribution in [0.1, 0.15) is 46.0 Å². The molecule has 1 N–H and O–H groups in total. The highest BCUT2D eigenvalue weighted by molar-refractivity contribution is 5.81. The van der Waals surface area contributed by atoms with Crippen molar-refractivity contribution in [1.29, 1.82) is 0 Å². The molecule has 1 aliphatic heterocycles. The lowest BCUT2D eigenvalue weighted by Gasteiger charge is -2.26. The van der Waals surface area contributed by atoms with E-state index in [1.807, 2.05) is 30.3 Å². The van der Waals surface area contributed by atoms with Gasteiger partial charge in [0.25, 0.3) is 0 Å². The van der Waals surface area contributed by atoms with Gasteiger partial charge in [0.05, 0.1) is 12.6 Å². The topological polar surface area (TPSA) is 41.6 Å². The predicted octanol–water partition coefficient (Wildman–Crippen LogP) is 4.03. The van der Waals surface area contributed by atoms with Crippen molar-refractivity contribution >= 4 is 5.78 Å². The lowest BCUT2D eigenvalue weighted by atomic mass is 9.98. The fraction of sp³-hybridized carbons (Fsp3) is 0.591. The molecule has 0 aromatic heterocycles. The van der Waals surface area contributed by atoms with Crippen LogP contribution in [0, 0.1) is 5.92 Å². The molecule has 3 atom stereocenters. The van der Waals surface area contributed by atoms with Crippen LogP contribution in [-0.4, -0.2) is 43.0 Å². The summed E-state index contributed by atoms with van der Waals surface area (Å²) in [4.78, 5) is 14.2. The van der Waals surface area contributed by atoms with E-state index in [9.17, 15) is 4.79 Å². The SMILES string of the molecule is C=C(NC(CCC)C(C)=O)C1C[C@@H](CCCOc2ccccc2)CN1C. The highest BCUT2D eigenvalue weighted by Crippen LogP contribution is 2.28. The maximum atomic E-state index is 11.8. The van der Waals surface area contributed by atoms with E-state index in [-0.39, 0.29) is 11.8 Å². The zero-order valence-electron chi connectivity index (χ0n) is 16.5. The number of hydrogen-bond donors (Lipinski definition) is 1. The largest absolute Gasteiger partial charge is 0.494 e. The first-order chi connectivity index (χ1) is 12.5. The monoisotopic (exact) mass is 358 g/mol. The number of ketones is 1.